The average Bonchev–Trinajstić information content (AvgIpc) is 2.97. The standard InChI is InChI=1S/C29H34F6N6O3Si/c1-45(2,3)15-14-44-19-41-26(43)23(29(33,34)35)16-24(38-41)22-7-5-4-6-20(22)8-9-25(42)39-10-12-40(13-11-39)27-36-17-21(18-37-27)28(30,31)32/h4-7,16-18H,8-15,19H2,1-3H3. The first-order chi connectivity index (χ1) is 21.0. The molecule has 0 unspecified atom stereocenters. The molecule has 1 aliphatic rings. The highest BCUT2D eigenvalue weighted by Gasteiger charge is 2.36. The first-order valence-corrected chi connectivity index (χ1v) is 18.0. The molecule has 9 nitrogen and oxygen atoms in total. The molecule has 1 saturated heterocycles. The lowest BCUT2D eigenvalue weighted by atomic mass is 9.99. The third kappa shape index (κ3) is 9.12. The Labute approximate surface area is 256 Å². The number of piperazine rings is 1. The van der Waals surface area contributed by atoms with E-state index in [0.717, 1.165) is 24.5 Å². The predicted molar refractivity (Wildman–Crippen MR) is 157 cm³/mol. The van der Waals surface area contributed by atoms with Crippen molar-refractivity contribution < 1.29 is 35.9 Å². The number of anilines is 1. The third-order valence-electron chi connectivity index (χ3n) is 7.27. The van der Waals surface area contributed by atoms with Crippen LogP contribution < -0.4 is 10.5 Å². The normalized spacial score (nSPS) is 14.6. The zero-order valence-corrected chi connectivity index (χ0v) is 26.1. The molecule has 4 rings (SSSR count). The van der Waals surface area contributed by atoms with Gasteiger partial charge in [0.15, 0.2) is 0 Å². The molecular formula is C29H34F6N6O3Si. The number of rotatable bonds is 10. The number of carbonyl (C=O) groups is 1. The van der Waals surface area contributed by atoms with Gasteiger partial charge in [0.25, 0.3) is 5.56 Å². The van der Waals surface area contributed by atoms with Gasteiger partial charge in [0.05, 0.1) is 11.3 Å². The smallest absolute Gasteiger partial charge is 0.359 e. The molecule has 0 N–H and O–H groups in total. The molecular weight excluding hydrogens is 622 g/mol. The van der Waals surface area contributed by atoms with E-state index in [0.29, 0.717) is 48.6 Å². The molecule has 0 saturated carbocycles. The largest absolute Gasteiger partial charge is 0.421 e. The Balaban J connectivity index is 1.44. The predicted octanol–water partition coefficient (Wildman–Crippen LogP) is 5.33. The molecule has 1 aromatic carbocycles. The molecule has 0 bridgehead atoms. The second kappa shape index (κ2) is 13.7. The quantitative estimate of drug-likeness (QED) is 0.166. The summed E-state index contributed by atoms with van der Waals surface area (Å²) in [6.45, 7) is 7.48. The Morgan fingerprint density at radius 2 is 1.60 bits per heavy atom. The number of halogens is 6. The molecule has 244 valence electrons. The Kier molecular flexibility index (Phi) is 10.4. The summed E-state index contributed by atoms with van der Waals surface area (Å²) >= 11 is 0. The van der Waals surface area contributed by atoms with Crippen molar-refractivity contribution in [1.82, 2.24) is 24.6 Å². The minimum Gasteiger partial charge on any atom is -0.359 e. The summed E-state index contributed by atoms with van der Waals surface area (Å²) in [5.74, 6) is -0.0555. The van der Waals surface area contributed by atoms with Crippen molar-refractivity contribution in [2.75, 3.05) is 37.7 Å². The molecule has 0 atom stereocenters. The van der Waals surface area contributed by atoms with E-state index in [9.17, 15) is 35.9 Å². The van der Waals surface area contributed by atoms with Crippen LogP contribution in [-0.4, -0.2) is 71.4 Å². The van der Waals surface area contributed by atoms with E-state index >= 15 is 0 Å². The van der Waals surface area contributed by atoms with E-state index in [-0.39, 0.29) is 30.4 Å². The lowest BCUT2D eigenvalue weighted by Gasteiger charge is -2.34. The number of nitrogens with zero attached hydrogens (tertiary/aromatic N) is 6. The van der Waals surface area contributed by atoms with Gasteiger partial charge in [0, 0.05) is 65.2 Å². The molecule has 1 amide bonds. The van der Waals surface area contributed by atoms with E-state index in [1.807, 2.05) is 0 Å². The van der Waals surface area contributed by atoms with Crippen LogP contribution in [0.2, 0.25) is 25.7 Å². The second-order valence-corrected chi connectivity index (χ2v) is 17.5. The molecule has 1 fully saturated rings. The van der Waals surface area contributed by atoms with Gasteiger partial charge in [-0.05, 0) is 24.1 Å². The van der Waals surface area contributed by atoms with Gasteiger partial charge in [0.2, 0.25) is 11.9 Å². The zero-order chi connectivity index (χ0) is 33.0. The minimum atomic E-state index is -4.91. The molecule has 1 aliphatic heterocycles. The van der Waals surface area contributed by atoms with Gasteiger partial charge < -0.3 is 14.5 Å². The van der Waals surface area contributed by atoms with Crippen LogP contribution in [0.25, 0.3) is 11.3 Å². The van der Waals surface area contributed by atoms with Crippen LogP contribution in [0.5, 0.6) is 0 Å². The number of hydrogen-bond acceptors (Lipinski definition) is 7. The van der Waals surface area contributed by atoms with E-state index in [4.69, 9.17) is 4.74 Å². The van der Waals surface area contributed by atoms with Crippen molar-refractivity contribution in [1.29, 1.82) is 0 Å². The third-order valence-corrected chi connectivity index (χ3v) is 8.98. The maximum absolute atomic E-state index is 13.8. The Bertz CT molecular complexity index is 1530. The van der Waals surface area contributed by atoms with Crippen molar-refractivity contribution in [3.8, 4) is 11.3 Å². The van der Waals surface area contributed by atoms with Crippen molar-refractivity contribution in [3.05, 3.63) is 69.8 Å². The Morgan fingerprint density at radius 3 is 2.20 bits per heavy atom. The molecule has 2 aromatic heterocycles. The summed E-state index contributed by atoms with van der Waals surface area (Å²) in [5, 5.41) is 4.20. The van der Waals surface area contributed by atoms with Crippen LogP contribution in [0.15, 0.2) is 47.5 Å². The summed E-state index contributed by atoms with van der Waals surface area (Å²) in [5.41, 5.74) is -2.74. The number of ether oxygens (including phenoxy) is 1. The first kappa shape index (κ1) is 34.1. The van der Waals surface area contributed by atoms with Gasteiger partial charge in [-0.2, -0.15) is 31.4 Å². The summed E-state index contributed by atoms with van der Waals surface area (Å²) < 4.78 is 86.2. The fraction of sp³-hybridized carbons (Fsp3) is 0.483. The molecule has 0 spiro atoms. The van der Waals surface area contributed by atoms with Crippen LogP contribution in [0.4, 0.5) is 32.3 Å². The van der Waals surface area contributed by atoms with Crippen LogP contribution in [0, 0.1) is 0 Å². The van der Waals surface area contributed by atoms with Crippen molar-refractivity contribution in [2.45, 2.75) is 57.6 Å². The van der Waals surface area contributed by atoms with Gasteiger partial charge in [0.1, 0.15) is 12.3 Å². The van der Waals surface area contributed by atoms with Crippen molar-refractivity contribution in [2.24, 2.45) is 0 Å². The molecule has 3 aromatic rings. The van der Waals surface area contributed by atoms with E-state index in [1.165, 1.54) is 0 Å². The Hall–Kier alpha value is -3.79. The minimum absolute atomic E-state index is 0.0549. The maximum atomic E-state index is 13.8. The van der Waals surface area contributed by atoms with Crippen molar-refractivity contribution >= 4 is 19.9 Å². The number of benzene rings is 1. The highest BCUT2D eigenvalue weighted by molar-refractivity contribution is 6.76. The van der Waals surface area contributed by atoms with Crippen LogP contribution in [0.1, 0.15) is 23.1 Å². The monoisotopic (exact) mass is 656 g/mol. The Morgan fingerprint density at radius 1 is 0.956 bits per heavy atom. The number of aryl methyl sites for hydroxylation is 1. The molecule has 3 heterocycles. The maximum Gasteiger partial charge on any atom is 0.421 e. The molecule has 45 heavy (non-hydrogen) atoms. The van der Waals surface area contributed by atoms with E-state index in [2.05, 4.69) is 34.7 Å². The fourth-order valence-electron chi connectivity index (χ4n) is 4.67. The number of carbonyl (C=O) groups excluding carboxylic acids is 1. The van der Waals surface area contributed by atoms with Gasteiger partial charge in [-0.15, -0.1) is 0 Å². The molecule has 0 aliphatic carbocycles. The lowest BCUT2D eigenvalue weighted by Crippen LogP contribution is -2.49. The van der Waals surface area contributed by atoms with Gasteiger partial charge in [-0.3, -0.25) is 9.59 Å². The number of amides is 1. The number of aromatic nitrogens is 4. The fourth-order valence-corrected chi connectivity index (χ4v) is 5.42. The topological polar surface area (TPSA) is 93.5 Å². The number of hydrogen-bond donors (Lipinski definition) is 0. The summed E-state index contributed by atoms with van der Waals surface area (Å²) in [6, 6.07) is 8.11. The van der Waals surface area contributed by atoms with Crippen LogP contribution >= 0.6 is 0 Å². The van der Waals surface area contributed by atoms with Gasteiger partial charge in [-0.1, -0.05) is 43.9 Å². The average molecular weight is 657 g/mol. The van der Waals surface area contributed by atoms with Gasteiger partial charge in [-0.25, -0.2) is 14.6 Å². The van der Waals surface area contributed by atoms with Crippen LogP contribution in [0.3, 0.4) is 0 Å². The number of alkyl halides is 6. The first-order valence-electron chi connectivity index (χ1n) is 14.3. The molecule has 16 heteroatoms. The summed E-state index contributed by atoms with van der Waals surface area (Å²) in [6.07, 6.45) is -7.76. The SMILES string of the molecule is C[Si](C)(C)CCOCn1nc(-c2ccccc2CCC(=O)N2CCN(c3ncc(C(F)(F)F)cn3)CC2)cc(C(F)(F)F)c1=O. The molecule has 0 radical (unpaired) electrons. The van der Waals surface area contributed by atoms with Gasteiger partial charge >= 0.3 is 12.4 Å². The highest BCUT2D eigenvalue weighted by atomic mass is 28.3. The van der Waals surface area contributed by atoms with Crippen LogP contribution in [-0.2, 0) is 35.0 Å². The summed E-state index contributed by atoms with van der Waals surface area (Å²) in [7, 11) is -1.46. The zero-order valence-electron chi connectivity index (χ0n) is 25.1. The lowest BCUT2D eigenvalue weighted by molar-refractivity contribution is -0.139. The van der Waals surface area contributed by atoms with Crippen molar-refractivity contribution in [3.63, 3.8) is 0 Å². The van der Waals surface area contributed by atoms with E-state index < -0.39 is 43.8 Å². The summed E-state index contributed by atoms with van der Waals surface area (Å²) in [4.78, 5) is 36.6. The second-order valence-electron chi connectivity index (χ2n) is 11.9. The highest BCUT2D eigenvalue weighted by Crippen LogP contribution is 2.31. The van der Waals surface area contributed by atoms with E-state index in [1.54, 1.807) is 34.1 Å².